The number of pyridine rings is 1. The van der Waals surface area contributed by atoms with E-state index in [1.54, 1.807) is 18.3 Å². The van der Waals surface area contributed by atoms with Crippen molar-refractivity contribution in [1.29, 1.82) is 0 Å². The van der Waals surface area contributed by atoms with Gasteiger partial charge in [0, 0.05) is 6.20 Å². The molecular weight excluding hydrogens is 270 g/mol. The molecule has 0 saturated carbocycles. The van der Waals surface area contributed by atoms with Gasteiger partial charge in [-0.25, -0.2) is 0 Å². The minimum Gasteiger partial charge on any atom is -0.490 e. The highest BCUT2D eigenvalue weighted by Crippen LogP contribution is 2.32. The molecular formula is C15H17N3O3. The van der Waals surface area contributed by atoms with Gasteiger partial charge in [0.15, 0.2) is 23.1 Å². The average Bonchev–Trinajstić information content (AvgIpc) is 2.54. The number of para-hydroxylation sites is 2. The number of nitrogens with zero attached hydrogens (tertiary/aromatic N) is 2. The lowest BCUT2D eigenvalue weighted by Gasteiger charge is -2.13. The number of hydrogen-bond donors (Lipinski definition) is 2. The molecule has 0 spiro atoms. The summed E-state index contributed by atoms with van der Waals surface area (Å²) >= 11 is 0. The van der Waals surface area contributed by atoms with Crippen LogP contribution < -0.4 is 15.2 Å². The van der Waals surface area contributed by atoms with E-state index in [2.05, 4.69) is 10.1 Å². The van der Waals surface area contributed by atoms with Gasteiger partial charge in [-0.3, -0.25) is 4.98 Å². The van der Waals surface area contributed by atoms with E-state index in [1.807, 2.05) is 25.1 Å². The lowest BCUT2D eigenvalue weighted by Crippen LogP contribution is -2.14. The van der Waals surface area contributed by atoms with Gasteiger partial charge >= 0.3 is 0 Å². The fraction of sp³-hybridized carbons (Fsp3) is 0.200. The zero-order valence-corrected chi connectivity index (χ0v) is 11.7. The zero-order valence-electron chi connectivity index (χ0n) is 11.7. The third-order valence-corrected chi connectivity index (χ3v) is 2.70. The molecule has 0 saturated heterocycles. The van der Waals surface area contributed by atoms with Crippen LogP contribution in [0.3, 0.4) is 0 Å². The number of ether oxygens (including phenoxy) is 2. The standard InChI is InChI=1S/C15H17N3O3/c1-2-9-20-12-5-3-4-6-13(12)21-14-10-17-8-7-11(14)15(16)18-19/h3-8,10,19H,2,9H2,1H3,(H2,16,18). The molecule has 3 N–H and O–H groups in total. The van der Waals surface area contributed by atoms with Crippen LogP contribution in [-0.2, 0) is 0 Å². The van der Waals surface area contributed by atoms with Crippen LogP contribution in [0.5, 0.6) is 17.2 Å². The fourth-order valence-electron chi connectivity index (χ4n) is 1.71. The number of nitrogens with two attached hydrogens (primary N) is 1. The maximum Gasteiger partial charge on any atom is 0.173 e. The quantitative estimate of drug-likeness (QED) is 0.369. The van der Waals surface area contributed by atoms with Crippen molar-refractivity contribution in [3.05, 3.63) is 48.3 Å². The number of rotatable bonds is 6. The van der Waals surface area contributed by atoms with Crippen molar-refractivity contribution in [1.82, 2.24) is 4.98 Å². The topological polar surface area (TPSA) is 90.0 Å². The molecule has 0 amide bonds. The summed E-state index contributed by atoms with van der Waals surface area (Å²) in [6.07, 6.45) is 3.94. The highest BCUT2D eigenvalue weighted by molar-refractivity contribution is 5.99. The first-order valence-electron chi connectivity index (χ1n) is 6.57. The molecule has 6 heteroatoms. The summed E-state index contributed by atoms with van der Waals surface area (Å²) < 4.78 is 11.4. The predicted octanol–water partition coefficient (Wildman–Crippen LogP) is 2.76. The van der Waals surface area contributed by atoms with E-state index in [-0.39, 0.29) is 5.84 Å². The molecule has 1 aromatic carbocycles. The molecule has 0 aliphatic heterocycles. The summed E-state index contributed by atoms with van der Waals surface area (Å²) in [4.78, 5) is 3.99. The number of hydrogen-bond acceptors (Lipinski definition) is 5. The second kappa shape index (κ2) is 7.14. The summed E-state index contributed by atoms with van der Waals surface area (Å²) in [5.74, 6) is 1.53. The Morgan fingerprint density at radius 3 is 2.71 bits per heavy atom. The molecule has 110 valence electrons. The largest absolute Gasteiger partial charge is 0.490 e. The second-order valence-electron chi connectivity index (χ2n) is 4.25. The van der Waals surface area contributed by atoms with E-state index < -0.39 is 0 Å². The Hall–Kier alpha value is -2.76. The highest BCUT2D eigenvalue weighted by Gasteiger charge is 2.12. The maximum atomic E-state index is 8.81. The Balaban J connectivity index is 2.31. The van der Waals surface area contributed by atoms with E-state index in [9.17, 15) is 0 Å². The van der Waals surface area contributed by atoms with Crippen LogP contribution in [-0.4, -0.2) is 22.6 Å². The maximum absolute atomic E-state index is 8.81. The Kier molecular flexibility index (Phi) is 4.98. The average molecular weight is 287 g/mol. The Bertz CT molecular complexity index is 629. The minimum absolute atomic E-state index is 0.0423. The monoisotopic (exact) mass is 287 g/mol. The molecule has 0 fully saturated rings. The van der Waals surface area contributed by atoms with Crippen molar-refractivity contribution >= 4 is 5.84 Å². The van der Waals surface area contributed by atoms with E-state index >= 15 is 0 Å². The van der Waals surface area contributed by atoms with Crippen molar-refractivity contribution in [2.45, 2.75) is 13.3 Å². The van der Waals surface area contributed by atoms with Crippen molar-refractivity contribution in [3.8, 4) is 17.2 Å². The summed E-state index contributed by atoms with van der Waals surface area (Å²) in [5, 5.41) is 11.8. The summed E-state index contributed by atoms with van der Waals surface area (Å²) in [6.45, 7) is 2.63. The van der Waals surface area contributed by atoms with Gasteiger partial charge in [0.05, 0.1) is 18.4 Å². The number of aromatic nitrogens is 1. The second-order valence-corrected chi connectivity index (χ2v) is 4.25. The molecule has 2 aromatic rings. The molecule has 21 heavy (non-hydrogen) atoms. The molecule has 0 radical (unpaired) electrons. The summed E-state index contributed by atoms with van der Waals surface area (Å²) in [6, 6.07) is 8.93. The molecule has 1 heterocycles. The van der Waals surface area contributed by atoms with E-state index in [4.69, 9.17) is 20.4 Å². The van der Waals surface area contributed by atoms with Crippen LogP contribution in [0.2, 0.25) is 0 Å². The molecule has 0 aliphatic rings. The fourth-order valence-corrected chi connectivity index (χ4v) is 1.71. The van der Waals surface area contributed by atoms with Gasteiger partial charge in [-0.15, -0.1) is 0 Å². The predicted molar refractivity (Wildman–Crippen MR) is 79.0 cm³/mol. The van der Waals surface area contributed by atoms with Crippen molar-refractivity contribution in [2.24, 2.45) is 10.9 Å². The van der Waals surface area contributed by atoms with E-state index in [1.165, 1.54) is 6.20 Å². The van der Waals surface area contributed by atoms with Gasteiger partial charge in [-0.1, -0.05) is 24.2 Å². The van der Waals surface area contributed by atoms with Crippen LogP contribution >= 0.6 is 0 Å². The van der Waals surface area contributed by atoms with Gasteiger partial charge in [0.1, 0.15) is 0 Å². The Morgan fingerprint density at radius 1 is 1.24 bits per heavy atom. The molecule has 6 nitrogen and oxygen atoms in total. The number of benzene rings is 1. The van der Waals surface area contributed by atoms with Crippen molar-refractivity contribution in [3.63, 3.8) is 0 Å². The van der Waals surface area contributed by atoms with Crippen LogP contribution in [0, 0.1) is 0 Å². The smallest absolute Gasteiger partial charge is 0.173 e. The molecule has 0 atom stereocenters. The molecule has 0 aliphatic carbocycles. The van der Waals surface area contributed by atoms with Gasteiger partial charge in [0.25, 0.3) is 0 Å². The van der Waals surface area contributed by atoms with Gasteiger partial charge in [-0.2, -0.15) is 0 Å². The van der Waals surface area contributed by atoms with Gasteiger partial charge in [-0.05, 0) is 24.6 Å². The lowest BCUT2D eigenvalue weighted by molar-refractivity contribution is 0.301. The molecule has 0 unspecified atom stereocenters. The third kappa shape index (κ3) is 3.62. The first kappa shape index (κ1) is 14.6. The van der Waals surface area contributed by atoms with Gasteiger partial charge < -0.3 is 20.4 Å². The number of amidine groups is 1. The van der Waals surface area contributed by atoms with Gasteiger partial charge in [0.2, 0.25) is 0 Å². The summed E-state index contributed by atoms with van der Waals surface area (Å²) in [5.41, 5.74) is 6.08. The molecule has 0 bridgehead atoms. The third-order valence-electron chi connectivity index (χ3n) is 2.70. The SMILES string of the molecule is CCCOc1ccccc1Oc1cnccc1/C(N)=N/O. The Labute approximate surface area is 122 Å². The highest BCUT2D eigenvalue weighted by atomic mass is 16.5. The first-order valence-corrected chi connectivity index (χ1v) is 6.57. The van der Waals surface area contributed by atoms with Crippen LogP contribution in [0.15, 0.2) is 47.9 Å². The minimum atomic E-state index is -0.0423. The number of oxime groups is 1. The normalized spacial score (nSPS) is 11.2. The van der Waals surface area contributed by atoms with Crippen LogP contribution in [0.4, 0.5) is 0 Å². The summed E-state index contributed by atoms with van der Waals surface area (Å²) in [7, 11) is 0. The first-order chi connectivity index (χ1) is 10.3. The van der Waals surface area contributed by atoms with E-state index in [0.717, 1.165) is 6.42 Å². The molecule has 1 aromatic heterocycles. The zero-order chi connectivity index (χ0) is 15.1. The van der Waals surface area contributed by atoms with Crippen LogP contribution in [0.1, 0.15) is 18.9 Å². The van der Waals surface area contributed by atoms with Crippen LogP contribution in [0.25, 0.3) is 0 Å². The lowest BCUT2D eigenvalue weighted by atomic mass is 10.2. The molecule has 2 rings (SSSR count). The van der Waals surface area contributed by atoms with Crippen molar-refractivity contribution < 1.29 is 14.7 Å². The van der Waals surface area contributed by atoms with Crippen molar-refractivity contribution in [2.75, 3.05) is 6.61 Å². The van der Waals surface area contributed by atoms with E-state index in [0.29, 0.717) is 29.4 Å². The Morgan fingerprint density at radius 2 is 2.00 bits per heavy atom.